The third-order valence-corrected chi connectivity index (χ3v) is 4.05. The van der Waals surface area contributed by atoms with E-state index in [0.29, 0.717) is 30.5 Å². The normalized spacial score (nSPS) is 16.4. The van der Waals surface area contributed by atoms with Crippen LogP contribution in [0.3, 0.4) is 0 Å². The average molecular weight is 290 g/mol. The molecule has 0 spiro atoms. The van der Waals surface area contributed by atoms with Crippen molar-refractivity contribution in [2.75, 3.05) is 18.9 Å². The second-order valence-electron chi connectivity index (χ2n) is 5.81. The van der Waals surface area contributed by atoms with E-state index in [2.05, 4.69) is 5.32 Å². The Hall–Kier alpha value is -1.55. The molecular weight excluding hydrogens is 264 g/mol. The van der Waals surface area contributed by atoms with Gasteiger partial charge in [-0.2, -0.15) is 0 Å². The molecule has 0 radical (unpaired) electrons. The number of nitrogens with one attached hydrogen (secondary N) is 1. The van der Waals surface area contributed by atoms with E-state index in [1.165, 1.54) is 25.7 Å². The molecule has 116 valence electrons. The van der Waals surface area contributed by atoms with Gasteiger partial charge >= 0.3 is 0 Å². The zero-order chi connectivity index (χ0) is 15.1. The van der Waals surface area contributed by atoms with E-state index in [0.717, 1.165) is 18.4 Å². The molecule has 0 saturated heterocycles. The topological polar surface area (TPSA) is 64.4 Å². The summed E-state index contributed by atoms with van der Waals surface area (Å²) in [5.74, 6) is -0.0794. The van der Waals surface area contributed by atoms with E-state index in [1.807, 2.05) is 13.0 Å². The number of nitrogens with two attached hydrogens (primary N) is 1. The Bertz CT molecular complexity index is 466. The first-order chi connectivity index (χ1) is 10.2. The van der Waals surface area contributed by atoms with Gasteiger partial charge in [0.2, 0.25) is 0 Å². The molecule has 1 saturated carbocycles. The molecular formula is C17H26N2O2. The van der Waals surface area contributed by atoms with Crippen LogP contribution in [0.25, 0.3) is 0 Å². The lowest BCUT2D eigenvalue weighted by Gasteiger charge is -2.15. The number of benzene rings is 1. The van der Waals surface area contributed by atoms with Crippen molar-refractivity contribution in [2.24, 2.45) is 0 Å². The van der Waals surface area contributed by atoms with Gasteiger partial charge in [0.05, 0.1) is 12.7 Å². The molecule has 1 aliphatic carbocycles. The SMILES string of the molecule is Cc1ccc(N)cc1C(=O)NCCOC1CCCCCC1. The predicted octanol–water partition coefficient (Wildman–Crippen LogP) is 3.05. The standard InChI is InChI=1S/C17H26N2O2/c1-13-8-9-14(18)12-16(13)17(20)19-10-11-21-15-6-4-2-3-5-7-15/h8-9,12,15H,2-7,10-11,18H2,1H3,(H,19,20). The number of carbonyl (C=O) groups excluding carboxylic acids is 1. The molecule has 0 aromatic heterocycles. The van der Waals surface area contributed by atoms with Crippen molar-refractivity contribution in [1.29, 1.82) is 0 Å². The first kappa shape index (κ1) is 15.8. The largest absolute Gasteiger partial charge is 0.399 e. The van der Waals surface area contributed by atoms with Gasteiger partial charge in [0.25, 0.3) is 5.91 Å². The van der Waals surface area contributed by atoms with Crippen molar-refractivity contribution in [2.45, 2.75) is 51.6 Å². The third-order valence-electron chi connectivity index (χ3n) is 4.05. The Morgan fingerprint density at radius 2 is 2.00 bits per heavy atom. The number of anilines is 1. The first-order valence-electron chi connectivity index (χ1n) is 7.93. The van der Waals surface area contributed by atoms with Crippen LogP contribution in [0.1, 0.15) is 54.4 Å². The number of hydrogen-bond donors (Lipinski definition) is 2. The fraction of sp³-hybridized carbons (Fsp3) is 0.588. The van der Waals surface area contributed by atoms with Crippen LogP contribution >= 0.6 is 0 Å². The minimum Gasteiger partial charge on any atom is -0.399 e. The molecule has 4 heteroatoms. The average Bonchev–Trinajstić information content (AvgIpc) is 2.74. The van der Waals surface area contributed by atoms with Crippen molar-refractivity contribution in [1.82, 2.24) is 5.32 Å². The molecule has 0 heterocycles. The maximum Gasteiger partial charge on any atom is 0.251 e. The predicted molar refractivity (Wildman–Crippen MR) is 85.4 cm³/mol. The third kappa shape index (κ3) is 5.05. The van der Waals surface area contributed by atoms with Gasteiger partial charge in [-0.3, -0.25) is 4.79 Å². The minimum atomic E-state index is -0.0794. The second-order valence-corrected chi connectivity index (χ2v) is 5.81. The van der Waals surface area contributed by atoms with Crippen LogP contribution in [-0.2, 0) is 4.74 Å². The second kappa shape index (κ2) is 8.03. The molecule has 2 rings (SSSR count). The van der Waals surface area contributed by atoms with Gasteiger partial charge < -0.3 is 15.8 Å². The fourth-order valence-electron chi connectivity index (χ4n) is 2.78. The highest BCUT2D eigenvalue weighted by Gasteiger charge is 2.13. The molecule has 21 heavy (non-hydrogen) atoms. The summed E-state index contributed by atoms with van der Waals surface area (Å²) >= 11 is 0. The van der Waals surface area contributed by atoms with E-state index in [4.69, 9.17) is 10.5 Å². The van der Waals surface area contributed by atoms with Crippen molar-refractivity contribution in [3.05, 3.63) is 29.3 Å². The summed E-state index contributed by atoms with van der Waals surface area (Å²) in [4.78, 5) is 12.1. The maximum absolute atomic E-state index is 12.1. The van der Waals surface area contributed by atoms with Crippen LogP contribution in [0.2, 0.25) is 0 Å². The van der Waals surface area contributed by atoms with Gasteiger partial charge in [0.15, 0.2) is 0 Å². The van der Waals surface area contributed by atoms with Crippen LogP contribution in [0.4, 0.5) is 5.69 Å². The summed E-state index contributed by atoms with van der Waals surface area (Å²) in [6.07, 6.45) is 7.86. The number of nitrogen functional groups attached to an aromatic ring is 1. The number of aryl methyl sites for hydroxylation is 1. The quantitative estimate of drug-likeness (QED) is 0.497. The van der Waals surface area contributed by atoms with Gasteiger partial charge in [-0.25, -0.2) is 0 Å². The van der Waals surface area contributed by atoms with Crippen molar-refractivity contribution < 1.29 is 9.53 Å². The summed E-state index contributed by atoms with van der Waals surface area (Å²) in [6, 6.07) is 5.39. The van der Waals surface area contributed by atoms with Crippen LogP contribution in [0.15, 0.2) is 18.2 Å². The highest BCUT2D eigenvalue weighted by Crippen LogP contribution is 2.19. The molecule has 3 N–H and O–H groups in total. The number of ether oxygens (including phenoxy) is 1. The smallest absolute Gasteiger partial charge is 0.251 e. The molecule has 1 fully saturated rings. The Morgan fingerprint density at radius 3 is 2.71 bits per heavy atom. The molecule has 1 amide bonds. The minimum absolute atomic E-state index is 0.0794. The van der Waals surface area contributed by atoms with Crippen molar-refractivity contribution in [3.8, 4) is 0 Å². The molecule has 4 nitrogen and oxygen atoms in total. The Labute approximate surface area is 127 Å². The van der Waals surface area contributed by atoms with Crippen LogP contribution in [0.5, 0.6) is 0 Å². The lowest BCUT2D eigenvalue weighted by molar-refractivity contribution is 0.0442. The summed E-state index contributed by atoms with van der Waals surface area (Å²) < 4.78 is 5.86. The van der Waals surface area contributed by atoms with Crippen LogP contribution in [-0.4, -0.2) is 25.2 Å². The van der Waals surface area contributed by atoms with Crippen LogP contribution in [0, 0.1) is 6.92 Å². The van der Waals surface area contributed by atoms with Gasteiger partial charge in [-0.1, -0.05) is 31.7 Å². The summed E-state index contributed by atoms with van der Waals surface area (Å²) in [7, 11) is 0. The van der Waals surface area contributed by atoms with E-state index >= 15 is 0 Å². The lowest BCUT2D eigenvalue weighted by Crippen LogP contribution is -2.29. The van der Waals surface area contributed by atoms with E-state index in [1.54, 1.807) is 12.1 Å². The molecule has 0 atom stereocenters. The van der Waals surface area contributed by atoms with Gasteiger partial charge in [-0.15, -0.1) is 0 Å². The molecule has 0 unspecified atom stereocenters. The molecule has 1 aliphatic rings. The van der Waals surface area contributed by atoms with E-state index < -0.39 is 0 Å². The molecule has 0 bridgehead atoms. The summed E-state index contributed by atoms with van der Waals surface area (Å²) in [6.45, 7) is 3.04. The first-order valence-corrected chi connectivity index (χ1v) is 7.93. The zero-order valence-corrected chi connectivity index (χ0v) is 12.9. The monoisotopic (exact) mass is 290 g/mol. The van der Waals surface area contributed by atoms with Crippen molar-refractivity contribution in [3.63, 3.8) is 0 Å². The van der Waals surface area contributed by atoms with Crippen LogP contribution < -0.4 is 11.1 Å². The Kier molecular flexibility index (Phi) is 6.05. The fourth-order valence-corrected chi connectivity index (χ4v) is 2.78. The number of hydrogen-bond acceptors (Lipinski definition) is 3. The van der Waals surface area contributed by atoms with Gasteiger partial charge in [0.1, 0.15) is 0 Å². The molecule has 0 aliphatic heterocycles. The van der Waals surface area contributed by atoms with Gasteiger partial charge in [0, 0.05) is 17.8 Å². The highest BCUT2D eigenvalue weighted by atomic mass is 16.5. The summed E-state index contributed by atoms with van der Waals surface area (Å²) in [5, 5.41) is 2.90. The number of carbonyl (C=O) groups is 1. The van der Waals surface area contributed by atoms with E-state index in [9.17, 15) is 4.79 Å². The Morgan fingerprint density at radius 1 is 1.29 bits per heavy atom. The van der Waals surface area contributed by atoms with Gasteiger partial charge in [-0.05, 0) is 37.5 Å². The number of rotatable bonds is 5. The zero-order valence-electron chi connectivity index (χ0n) is 12.9. The molecule has 1 aromatic rings. The summed E-state index contributed by atoms with van der Waals surface area (Å²) in [5.41, 5.74) is 7.92. The molecule has 1 aromatic carbocycles. The lowest BCUT2D eigenvalue weighted by atomic mass is 10.1. The maximum atomic E-state index is 12.1. The highest BCUT2D eigenvalue weighted by molar-refractivity contribution is 5.96. The Balaban J connectivity index is 1.72. The number of amides is 1. The van der Waals surface area contributed by atoms with Crippen molar-refractivity contribution >= 4 is 11.6 Å². The van der Waals surface area contributed by atoms with E-state index in [-0.39, 0.29) is 5.91 Å².